The fraction of sp³-hybridized carbons (Fsp3) is 0.538. The van der Waals surface area contributed by atoms with E-state index in [1.165, 1.54) is 0 Å². The highest BCUT2D eigenvalue weighted by atomic mass is 16.6. The zero-order chi connectivity index (χ0) is 13.6. The predicted molar refractivity (Wildman–Crippen MR) is 71.2 cm³/mol. The number of hydrogen-bond acceptors (Lipinski definition) is 3. The zero-order valence-corrected chi connectivity index (χ0v) is 11.4. The third kappa shape index (κ3) is 5.52. The average Bonchev–Trinajstić information content (AvgIpc) is 2.70. The average molecular weight is 251 g/mol. The monoisotopic (exact) mass is 251 g/mol. The normalized spacial score (nSPS) is 11.8. The summed E-state index contributed by atoms with van der Waals surface area (Å²) in [4.78, 5) is 11.3. The maximum atomic E-state index is 11.3. The van der Waals surface area contributed by atoms with Gasteiger partial charge in [-0.15, -0.1) is 0 Å². The number of aromatic nitrogens is 2. The quantitative estimate of drug-likeness (QED) is 0.894. The lowest BCUT2D eigenvalue weighted by atomic mass is 10.2. The van der Waals surface area contributed by atoms with Crippen LogP contribution in [0.2, 0.25) is 0 Å². The summed E-state index contributed by atoms with van der Waals surface area (Å²) in [5.74, 6) is 0. The molecule has 0 saturated carbocycles. The van der Waals surface area contributed by atoms with Crippen LogP contribution in [0.25, 0.3) is 6.08 Å². The molecule has 18 heavy (non-hydrogen) atoms. The molecule has 0 fully saturated rings. The predicted octanol–water partition coefficient (Wildman–Crippen LogP) is 2.44. The second-order valence-electron chi connectivity index (χ2n) is 4.91. The van der Waals surface area contributed by atoms with Crippen molar-refractivity contribution >= 4 is 12.2 Å². The van der Waals surface area contributed by atoms with Gasteiger partial charge in [0.15, 0.2) is 0 Å². The van der Waals surface area contributed by atoms with Crippen LogP contribution in [0.15, 0.2) is 18.5 Å². The molecular weight excluding hydrogens is 230 g/mol. The van der Waals surface area contributed by atoms with Gasteiger partial charge in [-0.2, -0.15) is 5.10 Å². The number of alkyl carbamates (subject to hydrolysis) is 1. The van der Waals surface area contributed by atoms with Crippen molar-refractivity contribution in [3.63, 3.8) is 0 Å². The van der Waals surface area contributed by atoms with Crippen molar-refractivity contribution in [3.8, 4) is 0 Å². The highest BCUT2D eigenvalue weighted by Gasteiger charge is 2.14. The van der Waals surface area contributed by atoms with Crippen LogP contribution in [0.3, 0.4) is 0 Å². The Morgan fingerprint density at radius 2 is 2.28 bits per heavy atom. The summed E-state index contributed by atoms with van der Waals surface area (Å²) < 4.78 is 6.96. The number of hydrogen-bond donors (Lipinski definition) is 1. The highest BCUT2D eigenvalue weighted by Crippen LogP contribution is 2.06. The van der Waals surface area contributed by atoms with Crippen molar-refractivity contribution < 1.29 is 9.53 Å². The van der Waals surface area contributed by atoms with Gasteiger partial charge in [0.05, 0.1) is 6.20 Å². The Kier molecular flexibility index (Phi) is 4.95. The Labute approximate surface area is 108 Å². The van der Waals surface area contributed by atoms with E-state index in [2.05, 4.69) is 10.4 Å². The molecule has 0 spiro atoms. The summed E-state index contributed by atoms with van der Waals surface area (Å²) in [6, 6.07) is 0. The SMILES string of the molecule is CCn1cc(C=CCNC(=O)OC(C)(C)C)cn1. The number of nitrogens with zero attached hydrogens (tertiary/aromatic N) is 2. The number of amides is 1. The molecule has 0 atom stereocenters. The molecule has 0 aliphatic carbocycles. The minimum Gasteiger partial charge on any atom is -0.444 e. The van der Waals surface area contributed by atoms with Crippen molar-refractivity contribution in [1.29, 1.82) is 0 Å². The molecule has 1 aromatic rings. The number of rotatable bonds is 4. The summed E-state index contributed by atoms with van der Waals surface area (Å²) in [6.45, 7) is 8.82. The van der Waals surface area contributed by atoms with E-state index in [-0.39, 0.29) is 0 Å². The number of carbonyl (C=O) groups is 1. The van der Waals surface area contributed by atoms with Gasteiger partial charge in [-0.05, 0) is 27.7 Å². The summed E-state index contributed by atoms with van der Waals surface area (Å²) in [5.41, 5.74) is 0.554. The van der Waals surface area contributed by atoms with E-state index in [1.54, 1.807) is 6.20 Å². The lowest BCUT2D eigenvalue weighted by molar-refractivity contribution is 0.0534. The molecule has 1 amide bonds. The maximum absolute atomic E-state index is 11.3. The lowest BCUT2D eigenvalue weighted by Gasteiger charge is -2.19. The Hall–Kier alpha value is -1.78. The van der Waals surface area contributed by atoms with Crippen molar-refractivity contribution in [1.82, 2.24) is 15.1 Å². The number of nitrogens with one attached hydrogen (secondary N) is 1. The molecule has 5 heteroatoms. The minimum absolute atomic E-state index is 0.406. The van der Waals surface area contributed by atoms with Gasteiger partial charge >= 0.3 is 6.09 Å². The van der Waals surface area contributed by atoms with Gasteiger partial charge in [-0.25, -0.2) is 4.79 Å². The van der Waals surface area contributed by atoms with Crippen molar-refractivity contribution in [2.45, 2.75) is 39.8 Å². The van der Waals surface area contributed by atoms with E-state index in [1.807, 2.05) is 50.7 Å². The van der Waals surface area contributed by atoms with Gasteiger partial charge in [0.2, 0.25) is 0 Å². The van der Waals surface area contributed by atoms with Crippen LogP contribution >= 0.6 is 0 Å². The Bertz CT molecular complexity index is 416. The van der Waals surface area contributed by atoms with Crippen LogP contribution < -0.4 is 5.32 Å². The topological polar surface area (TPSA) is 56.2 Å². The third-order valence-corrected chi connectivity index (χ3v) is 2.05. The Balaban J connectivity index is 2.31. The molecule has 0 saturated heterocycles. The Morgan fingerprint density at radius 3 is 2.83 bits per heavy atom. The first-order valence-electron chi connectivity index (χ1n) is 6.06. The molecule has 0 aliphatic heterocycles. The van der Waals surface area contributed by atoms with Crippen LogP contribution in [0.1, 0.15) is 33.3 Å². The summed E-state index contributed by atoms with van der Waals surface area (Å²) in [5, 5.41) is 6.81. The fourth-order valence-electron chi connectivity index (χ4n) is 1.29. The number of aryl methyl sites for hydroxylation is 1. The van der Waals surface area contributed by atoms with Crippen LogP contribution in [0, 0.1) is 0 Å². The molecule has 1 N–H and O–H groups in total. The first kappa shape index (κ1) is 14.3. The molecule has 0 unspecified atom stereocenters. The second kappa shape index (κ2) is 6.23. The molecule has 100 valence electrons. The lowest BCUT2D eigenvalue weighted by Crippen LogP contribution is -2.32. The van der Waals surface area contributed by atoms with Gasteiger partial charge in [-0.3, -0.25) is 4.68 Å². The van der Waals surface area contributed by atoms with Gasteiger partial charge in [0.25, 0.3) is 0 Å². The standard InChI is InChI=1S/C13H21N3O2/c1-5-16-10-11(9-15-16)7-6-8-14-12(17)18-13(2,3)4/h6-7,9-10H,5,8H2,1-4H3,(H,14,17). The van der Waals surface area contributed by atoms with Gasteiger partial charge in [-0.1, -0.05) is 12.2 Å². The van der Waals surface area contributed by atoms with E-state index in [4.69, 9.17) is 4.74 Å². The summed E-state index contributed by atoms with van der Waals surface area (Å²) >= 11 is 0. The van der Waals surface area contributed by atoms with E-state index in [9.17, 15) is 4.79 Å². The van der Waals surface area contributed by atoms with Gasteiger partial charge in [0, 0.05) is 24.8 Å². The summed E-state index contributed by atoms with van der Waals surface area (Å²) in [7, 11) is 0. The van der Waals surface area contributed by atoms with Crippen LogP contribution in [-0.2, 0) is 11.3 Å². The summed E-state index contributed by atoms with van der Waals surface area (Å²) in [6.07, 6.45) is 7.10. The highest BCUT2D eigenvalue weighted by molar-refractivity contribution is 5.68. The molecular formula is C13H21N3O2. The first-order chi connectivity index (χ1) is 8.40. The molecule has 0 radical (unpaired) electrons. The smallest absolute Gasteiger partial charge is 0.407 e. The van der Waals surface area contributed by atoms with E-state index >= 15 is 0 Å². The van der Waals surface area contributed by atoms with Crippen LogP contribution in [0.4, 0.5) is 4.79 Å². The zero-order valence-electron chi connectivity index (χ0n) is 11.4. The molecule has 0 bridgehead atoms. The molecule has 1 aromatic heterocycles. The molecule has 0 aliphatic rings. The van der Waals surface area contributed by atoms with Crippen LogP contribution in [-0.4, -0.2) is 28.0 Å². The van der Waals surface area contributed by atoms with Crippen LogP contribution in [0.5, 0.6) is 0 Å². The Morgan fingerprint density at radius 1 is 1.56 bits per heavy atom. The van der Waals surface area contributed by atoms with Crippen molar-refractivity contribution in [2.75, 3.05) is 6.54 Å². The molecule has 5 nitrogen and oxygen atoms in total. The van der Waals surface area contributed by atoms with Crippen molar-refractivity contribution in [2.24, 2.45) is 0 Å². The van der Waals surface area contributed by atoms with E-state index in [0.717, 1.165) is 12.1 Å². The first-order valence-corrected chi connectivity index (χ1v) is 6.06. The minimum atomic E-state index is -0.462. The van der Waals surface area contributed by atoms with E-state index < -0.39 is 11.7 Å². The maximum Gasteiger partial charge on any atom is 0.407 e. The third-order valence-electron chi connectivity index (χ3n) is 2.05. The second-order valence-corrected chi connectivity index (χ2v) is 4.91. The van der Waals surface area contributed by atoms with E-state index in [0.29, 0.717) is 6.54 Å². The van der Waals surface area contributed by atoms with Gasteiger partial charge in [0.1, 0.15) is 5.60 Å². The largest absolute Gasteiger partial charge is 0.444 e. The molecule has 1 rings (SSSR count). The van der Waals surface area contributed by atoms with Crippen molar-refractivity contribution in [3.05, 3.63) is 24.0 Å². The molecule has 0 aromatic carbocycles. The van der Waals surface area contributed by atoms with Gasteiger partial charge < -0.3 is 10.1 Å². The fourth-order valence-corrected chi connectivity index (χ4v) is 1.29. The molecule has 1 heterocycles. The number of ether oxygens (including phenoxy) is 1. The number of carbonyl (C=O) groups excluding carboxylic acids is 1.